The molecule has 0 saturated heterocycles. The minimum absolute atomic E-state index is 0.190. The molecule has 0 aromatic heterocycles. The molecule has 1 N–H and O–H groups in total. The van der Waals surface area contributed by atoms with Crippen molar-refractivity contribution in [3.8, 4) is 5.75 Å². The highest BCUT2D eigenvalue weighted by Crippen LogP contribution is 2.17. The number of hydrogen-bond acceptors (Lipinski definition) is 1. The molecule has 5 heteroatoms. The zero-order valence-electron chi connectivity index (χ0n) is 14.7. The van der Waals surface area contributed by atoms with E-state index in [-0.39, 0.29) is 10.8 Å². The fourth-order valence-corrected chi connectivity index (χ4v) is 2.71. The summed E-state index contributed by atoms with van der Waals surface area (Å²) in [5, 5.41) is 10.3. The number of aromatic hydroxyl groups is 1. The van der Waals surface area contributed by atoms with E-state index in [0.717, 1.165) is 11.1 Å². The molecular formula is C21H20Cl3FO. The second kappa shape index (κ2) is 11.1. The third-order valence-corrected chi connectivity index (χ3v) is 3.84. The molecule has 3 aromatic rings. The van der Waals surface area contributed by atoms with Gasteiger partial charge in [0, 0.05) is 10.0 Å². The van der Waals surface area contributed by atoms with Crippen LogP contribution in [-0.4, -0.2) is 5.11 Å². The number of aryl methyl sites for hydroxylation is 3. The molecule has 0 aliphatic heterocycles. The lowest BCUT2D eigenvalue weighted by atomic mass is 10.2. The minimum Gasteiger partial charge on any atom is -0.508 e. The van der Waals surface area contributed by atoms with Gasteiger partial charge >= 0.3 is 0 Å². The van der Waals surface area contributed by atoms with Gasteiger partial charge in [-0.05, 0) is 74.4 Å². The standard InChI is InChI=1S/C7H6Cl2.C7H6ClF.C7H8O/c1-5-2-6(8)4-7(9)3-5;1-5-2-3-7(9)6(8)4-5;1-6-2-4-7(8)5-3-6/h2*2-4H,1H3;2-5,8H,1H3. The van der Waals surface area contributed by atoms with Gasteiger partial charge in [-0.1, -0.05) is 58.6 Å². The van der Waals surface area contributed by atoms with E-state index < -0.39 is 0 Å². The van der Waals surface area contributed by atoms with Crippen LogP contribution in [0.4, 0.5) is 4.39 Å². The highest BCUT2D eigenvalue weighted by atomic mass is 35.5. The summed E-state index contributed by atoms with van der Waals surface area (Å²) in [5.74, 6) is -0.0298. The van der Waals surface area contributed by atoms with Gasteiger partial charge in [0.2, 0.25) is 0 Å². The summed E-state index contributed by atoms with van der Waals surface area (Å²) < 4.78 is 12.4. The summed E-state index contributed by atoms with van der Waals surface area (Å²) in [7, 11) is 0. The third kappa shape index (κ3) is 9.10. The normalized spacial score (nSPS) is 9.50. The topological polar surface area (TPSA) is 20.2 Å². The van der Waals surface area contributed by atoms with Gasteiger partial charge in [-0.2, -0.15) is 0 Å². The lowest BCUT2D eigenvalue weighted by molar-refractivity contribution is 0.475. The third-order valence-electron chi connectivity index (χ3n) is 3.12. The maximum Gasteiger partial charge on any atom is 0.141 e. The van der Waals surface area contributed by atoms with Gasteiger partial charge in [0.05, 0.1) is 5.02 Å². The zero-order chi connectivity index (χ0) is 19.7. The molecule has 138 valence electrons. The van der Waals surface area contributed by atoms with Gasteiger partial charge in [-0.15, -0.1) is 0 Å². The average molecular weight is 414 g/mol. The first-order valence-electron chi connectivity index (χ1n) is 7.77. The fourth-order valence-electron chi connectivity index (χ4n) is 1.84. The number of halogens is 4. The monoisotopic (exact) mass is 412 g/mol. The van der Waals surface area contributed by atoms with Gasteiger partial charge in [0.25, 0.3) is 0 Å². The van der Waals surface area contributed by atoms with Gasteiger partial charge in [0.1, 0.15) is 11.6 Å². The number of hydrogen-bond donors (Lipinski definition) is 1. The quantitative estimate of drug-likeness (QED) is 0.399. The largest absolute Gasteiger partial charge is 0.508 e. The minimum atomic E-state index is -0.359. The number of phenolic OH excluding ortho intramolecular Hbond substituents is 1. The lowest BCUT2D eigenvalue weighted by Gasteiger charge is -1.93. The van der Waals surface area contributed by atoms with Crippen LogP contribution in [0.2, 0.25) is 15.1 Å². The van der Waals surface area contributed by atoms with Crippen molar-refractivity contribution in [3.05, 3.63) is 98.2 Å². The van der Waals surface area contributed by atoms with Gasteiger partial charge < -0.3 is 5.11 Å². The van der Waals surface area contributed by atoms with E-state index in [1.807, 2.05) is 45.0 Å². The first-order valence-corrected chi connectivity index (χ1v) is 8.90. The molecule has 0 bridgehead atoms. The molecule has 0 atom stereocenters. The molecule has 0 fully saturated rings. The van der Waals surface area contributed by atoms with Gasteiger partial charge in [-0.25, -0.2) is 4.39 Å². The maximum atomic E-state index is 12.4. The summed E-state index contributed by atoms with van der Waals surface area (Å²) in [4.78, 5) is 0. The molecule has 26 heavy (non-hydrogen) atoms. The number of phenols is 1. The molecule has 0 unspecified atom stereocenters. The van der Waals surface area contributed by atoms with Crippen molar-refractivity contribution in [2.75, 3.05) is 0 Å². The molecule has 3 rings (SSSR count). The maximum absolute atomic E-state index is 12.4. The Morgan fingerprint density at radius 3 is 1.54 bits per heavy atom. The molecule has 0 heterocycles. The van der Waals surface area contributed by atoms with E-state index >= 15 is 0 Å². The van der Waals surface area contributed by atoms with E-state index in [1.54, 1.807) is 30.3 Å². The summed E-state index contributed by atoms with van der Waals surface area (Å²) in [5.41, 5.74) is 3.23. The first-order chi connectivity index (χ1) is 12.2. The number of benzene rings is 3. The molecule has 0 saturated carbocycles. The van der Waals surface area contributed by atoms with Crippen molar-refractivity contribution >= 4 is 34.8 Å². The molecule has 0 spiro atoms. The van der Waals surface area contributed by atoms with E-state index in [4.69, 9.17) is 39.9 Å². The van der Waals surface area contributed by atoms with Crippen LogP contribution in [0.3, 0.4) is 0 Å². The van der Waals surface area contributed by atoms with Crippen LogP contribution in [0.5, 0.6) is 5.75 Å². The van der Waals surface area contributed by atoms with Crippen molar-refractivity contribution in [1.29, 1.82) is 0 Å². The van der Waals surface area contributed by atoms with Crippen LogP contribution < -0.4 is 0 Å². The molecular weight excluding hydrogens is 394 g/mol. The Balaban J connectivity index is 0.000000195. The molecule has 3 aromatic carbocycles. The molecule has 0 amide bonds. The SMILES string of the molecule is Cc1cc(Cl)cc(Cl)c1.Cc1ccc(F)c(Cl)c1.Cc1ccc(O)cc1. The smallest absolute Gasteiger partial charge is 0.141 e. The van der Waals surface area contributed by atoms with E-state index in [9.17, 15) is 4.39 Å². The predicted octanol–water partition coefficient (Wildman–Crippen LogP) is 7.79. The van der Waals surface area contributed by atoms with Crippen LogP contribution in [-0.2, 0) is 0 Å². The molecule has 0 aliphatic carbocycles. The average Bonchev–Trinajstić information content (AvgIpc) is 2.54. The van der Waals surface area contributed by atoms with E-state index in [1.165, 1.54) is 11.6 Å². The second-order valence-electron chi connectivity index (χ2n) is 5.70. The summed E-state index contributed by atoms with van der Waals surface area (Å²) in [6.07, 6.45) is 0. The Labute approximate surface area is 169 Å². The van der Waals surface area contributed by atoms with Crippen molar-refractivity contribution in [2.45, 2.75) is 20.8 Å². The van der Waals surface area contributed by atoms with Crippen LogP contribution in [0.1, 0.15) is 16.7 Å². The van der Waals surface area contributed by atoms with Crippen LogP contribution in [0, 0.1) is 26.6 Å². The van der Waals surface area contributed by atoms with Crippen LogP contribution >= 0.6 is 34.8 Å². The van der Waals surface area contributed by atoms with E-state index in [0.29, 0.717) is 15.8 Å². The van der Waals surface area contributed by atoms with Crippen molar-refractivity contribution in [3.63, 3.8) is 0 Å². The Bertz CT molecular complexity index is 762. The second-order valence-corrected chi connectivity index (χ2v) is 6.98. The summed E-state index contributed by atoms with van der Waals surface area (Å²) in [6, 6.07) is 17.2. The lowest BCUT2D eigenvalue weighted by Crippen LogP contribution is -1.76. The summed E-state index contributed by atoms with van der Waals surface area (Å²) >= 11 is 16.8. The number of rotatable bonds is 0. The Kier molecular flexibility index (Phi) is 9.50. The Morgan fingerprint density at radius 2 is 1.15 bits per heavy atom. The van der Waals surface area contributed by atoms with Gasteiger partial charge in [0.15, 0.2) is 0 Å². The van der Waals surface area contributed by atoms with Crippen molar-refractivity contribution in [1.82, 2.24) is 0 Å². The van der Waals surface area contributed by atoms with Crippen molar-refractivity contribution in [2.24, 2.45) is 0 Å². The highest BCUT2D eigenvalue weighted by Gasteiger charge is 1.95. The van der Waals surface area contributed by atoms with Crippen molar-refractivity contribution < 1.29 is 9.50 Å². The van der Waals surface area contributed by atoms with E-state index in [2.05, 4.69) is 0 Å². The predicted molar refractivity (Wildman–Crippen MR) is 110 cm³/mol. The van der Waals surface area contributed by atoms with Crippen LogP contribution in [0.25, 0.3) is 0 Å². The summed E-state index contributed by atoms with van der Waals surface area (Å²) in [6.45, 7) is 5.81. The zero-order valence-corrected chi connectivity index (χ0v) is 17.0. The fraction of sp³-hybridized carbons (Fsp3) is 0.143. The first kappa shape index (κ1) is 22.3. The molecule has 1 nitrogen and oxygen atoms in total. The van der Waals surface area contributed by atoms with Crippen LogP contribution in [0.15, 0.2) is 60.7 Å². The Hall–Kier alpha value is -1.74. The van der Waals surface area contributed by atoms with Gasteiger partial charge in [-0.3, -0.25) is 0 Å². The molecule has 0 aliphatic rings. The molecule has 0 radical (unpaired) electrons. The highest BCUT2D eigenvalue weighted by molar-refractivity contribution is 6.34. The Morgan fingerprint density at radius 1 is 0.654 bits per heavy atom.